The third-order valence-corrected chi connectivity index (χ3v) is 8.45. The topological polar surface area (TPSA) is 342 Å². The molecule has 8 atom stereocenters. The normalized spacial score (nSPS) is 16.1. The first-order chi connectivity index (χ1) is 30.1. The van der Waals surface area contributed by atoms with E-state index in [1.165, 1.54) is 4.90 Å². The summed E-state index contributed by atoms with van der Waals surface area (Å²) in [6.45, 7) is 7.86. The minimum Gasteiger partial charge on any atom is -0.394 e. The molecular formula is C38H80N2O22. The van der Waals surface area contributed by atoms with E-state index in [2.05, 4.69) is 0 Å². The Morgan fingerprint density at radius 3 is 0.694 bits per heavy atom. The van der Waals surface area contributed by atoms with E-state index in [1.54, 1.807) is 0 Å². The van der Waals surface area contributed by atoms with Gasteiger partial charge in [-0.05, 0) is 0 Å². The molecule has 0 radical (unpaired) electrons. The van der Waals surface area contributed by atoms with Gasteiger partial charge in [-0.3, -0.25) is 4.90 Å². The number of hydrogen-bond donors (Lipinski definition) is 11. The maximum atomic E-state index is 10.4. The van der Waals surface area contributed by atoms with Crippen molar-refractivity contribution in [2.45, 2.75) is 48.8 Å². The fraction of sp³-hybridized carbons (Fsp3) is 1.00. The molecule has 0 aliphatic rings. The smallest absolute Gasteiger partial charge is 0.111 e. The predicted molar refractivity (Wildman–Crippen MR) is 218 cm³/mol. The molecule has 0 amide bonds. The Labute approximate surface area is 365 Å². The van der Waals surface area contributed by atoms with Crippen molar-refractivity contribution < 1.29 is 108 Å². The number of hydrogen-bond acceptors (Lipinski definition) is 24. The second-order valence-electron chi connectivity index (χ2n) is 13.5. The Bertz CT molecular complexity index is 883. The molecule has 24 nitrogen and oxygen atoms in total. The summed E-state index contributed by atoms with van der Waals surface area (Å²) in [5.41, 5.74) is 5.33. The lowest BCUT2D eigenvalue weighted by Gasteiger charge is -2.33. The second-order valence-corrected chi connectivity index (χ2v) is 13.5. The van der Waals surface area contributed by atoms with Gasteiger partial charge in [0.1, 0.15) is 36.6 Å². The van der Waals surface area contributed by atoms with E-state index in [9.17, 15) is 40.9 Å². The van der Waals surface area contributed by atoms with Gasteiger partial charge in [0.05, 0.1) is 184 Å². The van der Waals surface area contributed by atoms with Gasteiger partial charge in [0.15, 0.2) is 0 Å². The molecule has 0 heterocycles. The highest BCUT2D eigenvalue weighted by Gasteiger charge is 2.34. The minimum absolute atomic E-state index is 0.0304. The van der Waals surface area contributed by atoms with E-state index < -0.39 is 62.0 Å². The first kappa shape index (κ1) is 61.0. The van der Waals surface area contributed by atoms with Crippen molar-refractivity contribution in [3.05, 3.63) is 0 Å². The zero-order chi connectivity index (χ0) is 45.9. The SMILES string of the molecule is NCCOCCOCCOCCOCCOCCOCCOCCOCCOCCOCCOCCOCCN(C[C@H](O)[C@@H](O)[C@H](O)[C@H](O)CO)C[C@H](O)[C@@H](O)[C@H](O)[C@H](O)CO. The summed E-state index contributed by atoms with van der Waals surface area (Å²) in [7, 11) is 0. The Kier molecular flexibility index (Phi) is 44.5. The summed E-state index contributed by atoms with van der Waals surface area (Å²) in [4.78, 5) is 1.34. The molecule has 0 spiro atoms. The van der Waals surface area contributed by atoms with Crippen molar-refractivity contribution in [1.82, 2.24) is 4.90 Å². The molecule has 12 N–H and O–H groups in total. The van der Waals surface area contributed by atoms with Gasteiger partial charge in [0.25, 0.3) is 0 Å². The summed E-state index contributed by atoms with van der Waals surface area (Å²) >= 11 is 0. The van der Waals surface area contributed by atoms with Gasteiger partial charge in [-0.25, -0.2) is 0 Å². The predicted octanol–water partition coefficient (Wildman–Crippen LogP) is -6.68. The van der Waals surface area contributed by atoms with Crippen LogP contribution in [0, 0.1) is 0 Å². The molecule has 0 aromatic heterocycles. The van der Waals surface area contributed by atoms with E-state index in [0.717, 1.165) is 0 Å². The number of aliphatic hydroxyl groups excluding tert-OH is 10. The summed E-state index contributed by atoms with van der Waals surface area (Å²) in [5, 5.41) is 98.2. The van der Waals surface area contributed by atoms with Crippen molar-refractivity contribution in [3.8, 4) is 0 Å². The van der Waals surface area contributed by atoms with Gasteiger partial charge in [0, 0.05) is 26.2 Å². The molecule has 0 fully saturated rings. The average molecular weight is 917 g/mol. The number of aliphatic hydroxyl groups is 10. The quantitative estimate of drug-likeness (QED) is 0.0253. The zero-order valence-corrected chi connectivity index (χ0v) is 36.2. The van der Waals surface area contributed by atoms with Gasteiger partial charge < -0.3 is 114 Å². The van der Waals surface area contributed by atoms with Crippen LogP contribution < -0.4 is 5.73 Å². The van der Waals surface area contributed by atoms with Crippen LogP contribution in [0.15, 0.2) is 0 Å². The lowest BCUT2D eigenvalue weighted by Crippen LogP contribution is -2.53. The minimum atomic E-state index is -1.88. The fourth-order valence-corrected chi connectivity index (χ4v) is 4.93. The van der Waals surface area contributed by atoms with Gasteiger partial charge >= 0.3 is 0 Å². The van der Waals surface area contributed by atoms with Crippen LogP contribution in [0.4, 0.5) is 0 Å². The monoisotopic (exact) mass is 917 g/mol. The average Bonchev–Trinajstić information content (AvgIpc) is 3.28. The number of nitrogens with zero attached hydrogens (tertiary/aromatic N) is 1. The molecule has 24 heteroatoms. The third kappa shape index (κ3) is 36.3. The van der Waals surface area contributed by atoms with Gasteiger partial charge in [-0.1, -0.05) is 0 Å². The molecule has 0 aliphatic heterocycles. The van der Waals surface area contributed by atoms with Crippen molar-refractivity contribution in [3.63, 3.8) is 0 Å². The van der Waals surface area contributed by atoms with Crippen LogP contribution in [0.5, 0.6) is 0 Å². The van der Waals surface area contributed by atoms with Crippen molar-refractivity contribution >= 4 is 0 Å². The largest absolute Gasteiger partial charge is 0.394 e. The maximum Gasteiger partial charge on any atom is 0.111 e. The molecule has 0 bridgehead atoms. The van der Waals surface area contributed by atoms with E-state index in [4.69, 9.17) is 72.8 Å². The first-order valence-electron chi connectivity index (χ1n) is 21.1. The molecule has 62 heavy (non-hydrogen) atoms. The lowest BCUT2D eigenvalue weighted by atomic mass is 10.0. The molecule has 374 valence electrons. The van der Waals surface area contributed by atoms with Crippen LogP contribution in [-0.2, 0) is 56.8 Å². The van der Waals surface area contributed by atoms with Crippen LogP contribution in [0.25, 0.3) is 0 Å². The maximum absolute atomic E-state index is 10.4. The van der Waals surface area contributed by atoms with Crippen molar-refractivity contribution in [1.29, 1.82) is 0 Å². The van der Waals surface area contributed by atoms with E-state index in [-0.39, 0.29) is 39.5 Å². The van der Waals surface area contributed by atoms with Crippen LogP contribution in [0.1, 0.15) is 0 Å². The number of ether oxygens (including phenoxy) is 12. The van der Waals surface area contributed by atoms with Crippen molar-refractivity contribution in [2.75, 3.05) is 198 Å². The number of rotatable bonds is 50. The summed E-state index contributed by atoms with van der Waals surface area (Å²) in [6, 6.07) is 0. The molecule has 0 saturated carbocycles. The standard InChI is InChI=1S/C38H80N2O22/c39-1-3-51-5-7-53-9-11-55-13-15-57-17-19-59-21-23-61-25-26-62-24-22-60-20-18-58-16-14-56-12-10-54-8-6-52-4-2-40(27-31(43)35(47)37(49)33(45)29-41)28-32(44)36(48)38(50)34(46)30-42/h31-38,41-50H,1-30,39H2/t31-,32-,33+,34+,35+,36+,37+,38+/m0/s1. The number of nitrogens with two attached hydrogens (primary N) is 1. The highest BCUT2D eigenvalue weighted by Crippen LogP contribution is 2.11. The molecular weight excluding hydrogens is 836 g/mol. The molecule has 0 aromatic rings. The zero-order valence-electron chi connectivity index (χ0n) is 36.2. The Hall–Kier alpha value is -0.960. The van der Waals surface area contributed by atoms with E-state index in [1.807, 2.05) is 0 Å². The second kappa shape index (κ2) is 45.2. The summed E-state index contributed by atoms with van der Waals surface area (Å²) in [6.07, 6.45) is -14.3. The molecule has 0 unspecified atom stereocenters. The highest BCUT2D eigenvalue weighted by atomic mass is 16.6. The lowest BCUT2D eigenvalue weighted by molar-refractivity contribution is -0.131. The van der Waals surface area contributed by atoms with Gasteiger partial charge in [0.2, 0.25) is 0 Å². The molecule has 0 rings (SSSR count). The summed E-state index contributed by atoms with van der Waals surface area (Å²) in [5.74, 6) is 0. The molecule has 0 saturated heterocycles. The van der Waals surface area contributed by atoms with Crippen LogP contribution >= 0.6 is 0 Å². The van der Waals surface area contributed by atoms with E-state index >= 15 is 0 Å². The van der Waals surface area contributed by atoms with Crippen molar-refractivity contribution in [2.24, 2.45) is 5.73 Å². The summed E-state index contributed by atoms with van der Waals surface area (Å²) < 4.78 is 65.2. The molecule has 0 aromatic carbocycles. The third-order valence-electron chi connectivity index (χ3n) is 8.45. The first-order valence-corrected chi connectivity index (χ1v) is 21.1. The Morgan fingerprint density at radius 2 is 0.484 bits per heavy atom. The Balaban J connectivity index is 3.70. The van der Waals surface area contributed by atoms with Crippen LogP contribution in [0.3, 0.4) is 0 Å². The fourth-order valence-electron chi connectivity index (χ4n) is 4.93. The van der Waals surface area contributed by atoms with Crippen LogP contribution in [-0.4, -0.2) is 303 Å². The van der Waals surface area contributed by atoms with Crippen LogP contribution in [0.2, 0.25) is 0 Å². The van der Waals surface area contributed by atoms with E-state index in [0.29, 0.717) is 145 Å². The molecule has 0 aliphatic carbocycles. The Morgan fingerprint density at radius 1 is 0.290 bits per heavy atom. The van der Waals surface area contributed by atoms with Gasteiger partial charge in [-0.15, -0.1) is 0 Å². The van der Waals surface area contributed by atoms with Gasteiger partial charge in [-0.2, -0.15) is 0 Å². The highest BCUT2D eigenvalue weighted by molar-refractivity contribution is 4.86.